The molecule has 2 nitrogen and oxygen atoms in total. The molecule has 0 unspecified atom stereocenters. The van der Waals surface area contributed by atoms with Gasteiger partial charge in [0.15, 0.2) is 5.82 Å². The van der Waals surface area contributed by atoms with Crippen molar-refractivity contribution in [2.24, 2.45) is 0 Å². The maximum Gasteiger partial charge on any atom is 0.213 e. The molecule has 0 N–H and O–H groups in total. The SMILES string of the molecule is Cc1cccc(C)c1CC(=O)C[n+]1cc(F)ccc1-c1ccccc1.[Y]. The molecule has 0 atom stereocenters. The maximum atomic E-state index is 13.7. The third-order valence-electron chi connectivity index (χ3n) is 4.42. The molecule has 0 saturated heterocycles. The van der Waals surface area contributed by atoms with Crippen LogP contribution in [0.3, 0.4) is 0 Å². The standard InChI is InChI=1S/C22H21FNO.Y/c1-16-7-6-8-17(2)21(16)13-20(25)15-24-14-19(23)11-12-22(24)18-9-4-3-5-10-18;/h3-12,14H,13,15H2,1-2H3;/q+1;. The molecule has 1 heterocycles. The van der Waals surface area contributed by atoms with Crippen molar-refractivity contribution in [1.82, 2.24) is 0 Å². The molecule has 1 radical (unpaired) electrons. The van der Waals surface area contributed by atoms with Crippen LogP contribution in [-0.2, 0) is 50.5 Å². The molecule has 0 fully saturated rings. The minimum absolute atomic E-state index is 0. The molecule has 0 aliphatic heterocycles. The zero-order chi connectivity index (χ0) is 17.8. The number of ketones is 1. The van der Waals surface area contributed by atoms with Crippen LogP contribution in [0.2, 0.25) is 0 Å². The van der Waals surface area contributed by atoms with Gasteiger partial charge in [-0.25, -0.2) is 4.39 Å². The summed E-state index contributed by atoms with van der Waals surface area (Å²) in [4.78, 5) is 12.6. The van der Waals surface area contributed by atoms with Crippen molar-refractivity contribution in [1.29, 1.82) is 0 Å². The predicted molar refractivity (Wildman–Crippen MR) is 96.7 cm³/mol. The summed E-state index contributed by atoms with van der Waals surface area (Å²) in [5.74, 6) is -0.287. The summed E-state index contributed by atoms with van der Waals surface area (Å²) in [6.07, 6.45) is 1.75. The number of hydrogen-bond donors (Lipinski definition) is 0. The van der Waals surface area contributed by atoms with Gasteiger partial charge >= 0.3 is 0 Å². The Morgan fingerprint density at radius 2 is 1.58 bits per heavy atom. The number of aryl methyl sites for hydroxylation is 2. The minimum atomic E-state index is -0.348. The number of hydrogen-bond acceptors (Lipinski definition) is 1. The van der Waals surface area contributed by atoms with E-state index in [0.29, 0.717) is 6.42 Å². The van der Waals surface area contributed by atoms with Gasteiger partial charge in [0.05, 0.1) is 0 Å². The number of pyridine rings is 1. The molecule has 0 aliphatic rings. The molecule has 3 aromatic rings. The van der Waals surface area contributed by atoms with E-state index >= 15 is 0 Å². The summed E-state index contributed by atoms with van der Waals surface area (Å²) < 4.78 is 15.4. The van der Waals surface area contributed by atoms with E-state index in [-0.39, 0.29) is 50.9 Å². The van der Waals surface area contributed by atoms with E-state index < -0.39 is 0 Å². The average Bonchev–Trinajstić information content (AvgIpc) is 2.59. The number of halogens is 1. The monoisotopic (exact) mass is 423 g/mol. The first-order valence-electron chi connectivity index (χ1n) is 8.36. The van der Waals surface area contributed by atoms with Crippen molar-refractivity contribution >= 4 is 5.78 Å². The zero-order valence-electron chi connectivity index (χ0n) is 15.1. The average molecular weight is 423 g/mol. The van der Waals surface area contributed by atoms with Crippen LogP contribution in [0.25, 0.3) is 11.3 Å². The zero-order valence-corrected chi connectivity index (χ0v) is 17.9. The molecule has 26 heavy (non-hydrogen) atoms. The molecular formula is C22H21FNOY+. The van der Waals surface area contributed by atoms with Crippen molar-refractivity contribution in [2.75, 3.05) is 0 Å². The quantitative estimate of drug-likeness (QED) is 0.564. The van der Waals surface area contributed by atoms with Crippen molar-refractivity contribution in [3.05, 3.63) is 89.4 Å². The Balaban J connectivity index is 0.00000243. The Hall–Kier alpha value is -1.71. The Morgan fingerprint density at radius 1 is 0.923 bits per heavy atom. The van der Waals surface area contributed by atoms with Gasteiger partial charge in [-0.1, -0.05) is 36.4 Å². The van der Waals surface area contributed by atoms with Crippen LogP contribution in [0.1, 0.15) is 16.7 Å². The second kappa shape index (κ2) is 9.29. The molecule has 3 rings (SSSR count). The topological polar surface area (TPSA) is 20.9 Å². The van der Waals surface area contributed by atoms with Crippen LogP contribution in [-0.4, -0.2) is 5.78 Å². The molecular weight excluding hydrogens is 402 g/mol. The van der Waals surface area contributed by atoms with Gasteiger partial charge in [0, 0.05) is 50.8 Å². The third-order valence-corrected chi connectivity index (χ3v) is 4.42. The molecule has 0 spiro atoms. The first kappa shape index (κ1) is 20.6. The number of carbonyl (C=O) groups excluding carboxylic acids is 1. The van der Waals surface area contributed by atoms with E-state index in [9.17, 15) is 9.18 Å². The van der Waals surface area contributed by atoms with Crippen LogP contribution in [0.4, 0.5) is 4.39 Å². The van der Waals surface area contributed by atoms with Crippen LogP contribution < -0.4 is 4.57 Å². The molecule has 0 aliphatic carbocycles. The van der Waals surface area contributed by atoms with Crippen LogP contribution in [0.15, 0.2) is 66.9 Å². The summed E-state index contributed by atoms with van der Waals surface area (Å²) >= 11 is 0. The normalized spacial score (nSPS) is 10.3. The molecule has 129 valence electrons. The maximum absolute atomic E-state index is 13.7. The number of nitrogens with zero attached hydrogens (tertiary/aromatic N) is 1. The number of aromatic nitrogens is 1. The Bertz CT molecular complexity index is 889. The number of carbonyl (C=O) groups is 1. The van der Waals surface area contributed by atoms with Crippen molar-refractivity contribution in [2.45, 2.75) is 26.8 Å². The smallest absolute Gasteiger partial charge is 0.213 e. The Kier molecular flexibility index (Phi) is 7.37. The molecule has 4 heteroatoms. The minimum Gasteiger partial charge on any atom is -0.292 e. The van der Waals surface area contributed by atoms with Gasteiger partial charge in [0.25, 0.3) is 0 Å². The molecule has 0 bridgehead atoms. The molecule has 1 aromatic heterocycles. The van der Waals surface area contributed by atoms with Gasteiger partial charge in [-0.15, -0.1) is 0 Å². The summed E-state index contributed by atoms with van der Waals surface area (Å²) in [5.41, 5.74) is 5.08. The summed E-state index contributed by atoms with van der Waals surface area (Å²) in [5, 5.41) is 0. The van der Waals surface area contributed by atoms with Gasteiger partial charge in [-0.3, -0.25) is 4.79 Å². The van der Waals surface area contributed by atoms with E-state index in [1.54, 1.807) is 10.6 Å². The van der Waals surface area contributed by atoms with E-state index in [1.807, 2.05) is 62.4 Å². The van der Waals surface area contributed by atoms with Gasteiger partial charge in [0.2, 0.25) is 24.2 Å². The van der Waals surface area contributed by atoms with E-state index in [0.717, 1.165) is 27.9 Å². The number of Topliss-reactive ketones (excluding diaryl/α,β-unsaturated/α-hetero) is 1. The Labute approximate surface area is 179 Å². The van der Waals surface area contributed by atoms with Gasteiger partial charge in [0.1, 0.15) is 0 Å². The third kappa shape index (κ3) is 4.93. The number of benzene rings is 2. The second-order valence-corrected chi connectivity index (χ2v) is 6.31. The van der Waals surface area contributed by atoms with Crippen LogP contribution >= 0.6 is 0 Å². The fraction of sp³-hybridized carbons (Fsp3) is 0.182. The fourth-order valence-electron chi connectivity index (χ4n) is 3.09. The van der Waals surface area contributed by atoms with Gasteiger partial charge in [-0.2, -0.15) is 4.57 Å². The molecule has 2 aromatic carbocycles. The fourth-order valence-corrected chi connectivity index (χ4v) is 3.09. The first-order chi connectivity index (χ1) is 12.0. The Morgan fingerprint density at radius 3 is 2.23 bits per heavy atom. The van der Waals surface area contributed by atoms with E-state index in [2.05, 4.69) is 0 Å². The summed E-state index contributed by atoms with van der Waals surface area (Å²) in [6, 6.07) is 18.9. The summed E-state index contributed by atoms with van der Waals surface area (Å²) in [7, 11) is 0. The first-order valence-corrected chi connectivity index (χ1v) is 8.36. The number of rotatable bonds is 5. The largest absolute Gasteiger partial charge is 0.292 e. The van der Waals surface area contributed by atoms with E-state index in [4.69, 9.17) is 0 Å². The van der Waals surface area contributed by atoms with E-state index in [1.165, 1.54) is 12.3 Å². The molecule has 0 saturated carbocycles. The summed E-state index contributed by atoms with van der Waals surface area (Å²) in [6.45, 7) is 4.18. The van der Waals surface area contributed by atoms with Crippen molar-refractivity contribution < 1.29 is 46.5 Å². The second-order valence-electron chi connectivity index (χ2n) is 6.31. The van der Waals surface area contributed by atoms with Crippen molar-refractivity contribution in [3.63, 3.8) is 0 Å². The van der Waals surface area contributed by atoms with Gasteiger partial charge in [-0.05, 0) is 48.7 Å². The van der Waals surface area contributed by atoms with Crippen molar-refractivity contribution in [3.8, 4) is 11.3 Å². The molecule has 0 amide bonds. The van der Waals surface area contributed by atoms with Crippen LogP contribution in [0.5, 0.6) is 0 Å². The van der Waals surface area contributed by atoms with Gasteiger partial charge < -0.3 is 0 Å². The van der Waals surface area contributed by atoms with Crippen LogP contribution in [0, 0.1) is 19.7 Å². The predicted octanol–water partition coefficient (Wildman–Crippen LogP) is 4.21.